The third-order valence-electron chi connectivity index (χ3n) is 7.00. The fourth-order valence-corrected chi connectivity index (χ4v) is 4.71. The Morgan fingerprint density at radius 1 is 1.06 bits per heavy atom. The first-order valence-corrected chi connectivity index (χ1v) is 12.0. The van der Waals surface area contributed by atoms with Gasteiger partial charge in [0.05, 0.1) is 23.6 Å². The molecular formula is C27H33NO6. The van der Waals surface area contributed by atoms with Crippen molar-refractivity contribution >= 4 is 11.9 Å². The Hall–Kier alpha value is -2.90. The second kappa shape index (κ2) is 11.0. The first kappa shape index (κ1) is 24.2. The van der Waals surface area contributed by atoms with Gasteiger partial charge in [0, 0.05) is 26.4 Å². The van der Waals surface area contributed by atoms with E-state index >= 15 is 0 Å². The number of ether oxygens (including phenoxy) is 3. The van der Waals surface area contributed by atoms with Crippen LogP contribution in [0.2, 0.25) is 0 Å². The quantitative estimate of drug-likeness (QED) is 0.607. The molecule has 1 amide bonds. The van der Waals surface area contributed by atoms with E-state index in [4.69, 9.17) is 19.3 Å². The van der Waals surface area contributed by atoms with Crippen LogP contribution in [0.25, 0.3) is 0 Å². The lowest BCUT2D eigenvalue weighted by Crippen LogP contribution is -2.48. The Bertz CT molecular complexity index is 977. The van der Waals surface area contributed by atoms with E-state index in [1.54, 1.807) is 24.3 Å². The standard InChI is InChI=1S/C27H33NO6/c1-19(21-5-7-22(8-6-21)25(29)30)28-26(31)27(11-15-33-16-12-27)23-3-2-4-24(17-23)34-18-20-9-13-32-14-10-20/h2-8,17,19-20H,9-16,18H2,1H3,(H,28,31)(H,29,30)/t19-/m0/s1. The van der Waals surface area contributed by atoms with E-state index in [9.17, 15) is 9.59 Å². The van der Waals surface area contributed by atoms with Gasteiger partial charge in [-0.25, -0.2) is 4.79 Å². The molecule has 0 unspecified atom stereocenters. The topological polar surface area (TPSA) is 94.1 Å². The minimum atomic E-state index is -0.969. The van der Waals surface area contributed by atoms with E-state index < -0.39 is 11.4 Å². The van der Waals surface area contributed by atoms with Crippen molar-refractivity contribution in [3.05, 3.63) is 65.2 Å². The minimum Gasteiger partial charge on any atom is -0.493 e. The van der Waals surface area contributed by atoms with Crippen LogP contribution in [0.15, 0.2) is 48.5 Å². The lowest BCUT2D eigenvalue weighted by Gasteiger charge is -2.37. The van der Waals surface area contributed by atoms with E-state index in [-0.39, 0.29) is 17.5 Å². The summed E-state index contributed by atoms with van der Waals surface area (Å²) in [6.45, 7) is 5.17. The molecule has 182 valence electrons. The fourth-order valence-electron chi connectivity index (χ4n) is 4.71. The molecule has 2 aromatic carbocycles. The summed E-state index contributed by atoms with van der Waals surface area (Å²) in [7, 11) is 0. The average Bonchev–Trinajstić information content (AvgIpc) is 2.88. The maximum atomic E-state index is 13.7. The van der Waals surface area contributed by atoms with Crippen molar-refractivity contribution < 1.29 is 28.9 Å². The zero-order valence-electron chi connectivity index (χ0n) is 19.6. The molecular weight excluding hydrogens is 434 g/mol. The van der Waals surface area contributed by atoms with Gasteiger partial charge in [-0.15, -0.1) is 0 Å². The average molecular weight is 468 g/mol. The molecule has 2 aromatic rings. The van der Waals surface area contributed by atoms with Gasteiger partial charge in [-0.2, -0.15) is 0 Å². The molecule has 4 rings (SSSR count). The van der Waals surface area contributed by atoms with E-state index in [1.807, 2.05) is 31.2 Å². The number of nitrogens with one attached hydrogen (secondary N) is 1. The Morgan fingerprint density at radius 3 is 2.41 bits per heavy atom. The van der Waals surface area contributed by atoms with Crippen molar-refractivity contribution in [2.75, 3.05) is 33.0 Å². The van der Waals surface area contributed by atoms with Gasteiger partial charge in [0.1, 0.15) is 5.75 Å². The molecule has 0 spiro atoms. The highest BCUT2D eigenvalue weighted by Gasteiger charge is 2.42. The number of aromatic carboxylic acids is 1. The first-order chi connectivity index (χ1) is 16.5. The minimum absolute atomic E-state index is 0.0489. The molecule has 7 heteroatoms. The second-order valence-electron chi connectivity index (χ2n) is 9.21. The summed E-state index contributed by atoms with van der Waals surface area (Å²) in [5, 5.41) is 12.3. The molecule has 0 radical (unpaired) electrons. The number of amides is 1. The van der Waals surface area contributed by atoms with Gasteiger partial charge in [-0.1, -0.05) is 24.3 Å². The molecule has 0 aromatic heterocycles. The first-order valence-electron chi connectivity index (χ1n) is 12.0. The van der Waals surface area contributed by atoms with E-state index in [1.165, 1.54) is 0 Å². The zero-order valence-corrected chi connectivity index (χ0v) is 19.6. The van der Waals surface area contributed by atoms with Gasteiger partial charge >= 0.3 is 5.97 Å². The molecule has 7 nitrogen and oxygen atoms in total. The van der Waals surface area contributed by atoms with Gasteiger partial charge < -0.3 is 24.6 Å². The zero-order chi connectivity index (χ0) is 24.0. The summed E-state index contributed by atoms with van der Waals surface area (Å²) >= 11 is 0. The van der Waals surface area contributed by atoms with Crippen LogP contribution in [0.5, 0.6) is 5.75 Å². The summed E-state index contributed by atoms with van der Waals surface area (Å²) in [6, 6.07) is 14.2. The largest absolute Gasteiger partial charge is 0.493 e. The van der Waals surface area contributed by atoms with Gasteiger partial charge in [0.25, 0.3) is 0 Å². The SMILES string of the molecule is C[C@H](NC(=O)C1(c2cccc(OCC3CCOCC3)c2)CCOCC1)c1ccc(C(=O)O)cc1. The summed E-state index contributed by atoms with van der Waals surface area (Å²) in [4.78, 5) is 24.8. The van der Waals surface area contributed by atoms with Crippen LogP contribution in [0.1, 0.15) is 60.1 Å². The fraction of sp³-hybridized carbons (Fsp3) is 0.481. The molecule has 2 heterocycles. The van der Waals surface area contributed by atoms with Gasteiger partial charge in [0.2, 0.25) is 5.91 Å². The Kier molecular flexibility index (Phi) is 7.85. The van der Waals surface area contributed by atoms with Crippen LogP contribution in [-0.4, -0.2) is 50.0 Å². The van der Waals surface area contributed by atoms with Crippen LogP contribution in [-0.2, 0) is 19.7 Å². The van der Waals surface area contributed by atoms with Crippen LogP contribution in [0.4, 0.5) is 0 Å². The number of rotatable bonds is 8. The summed E-state index contributed by atoms with van der Waals surface area (Å²) < 4.78 is 17.1. The predicted octanol–water partition coefficient (Wildman–Crippen LogP) is 4.12. The third kappa shape index (κ3) is 5.59. The number of carboxylic acid groups (broad SMARTS) is 1. The van der Waals surface area contributed by atoms with Gasteiger partial charge in [-0.05, 0) is 73.9 Å². The number of hydrogen-bond donors (Lipinski definition) is 2. The predicted molar refractivity (Wildman–Crippen MR) is 127 cm³/mol. The molecule has 1 atom stereocenters. The second-order valence-corrected chi connectivity index (χ2v) is 9.21. The maximum absolute atomic E-state index is 13.7. The van der Waals surface area contributed by atoms with Crippen molar-refractivity contribution in [2.24, 2.45) is 5.92 Å². The van der Waals surface area contributed by atoms with Crippen molar-refractivity contribution in [1.82, 2.24) is 5.32 Å². The molecule has 34 heavy (non-hydrogen) atoms. The highest BCUT2D eigenvalue weighted by Crippen LogP contribution is 2.37. The van der Waals surface area contributed by atoms with Gasteiger partial charge in [-0.3, -0.25) is 4.79 Å². The molecule has 0 aliphatic carbocycles. The number of carbonyl (C=O) groups is 2. The summed E-state index contributed by atoms with van der Waals surface area (Å²) in [5.41, 5.74) is 1.31. The Morgan fingerprint density at radius 2 is 1.74 bits per heavy atom. The monoisotopic (exact) mass is 467 g/mol. The van der Waals surface area contributed by atoms with E-state index in [0.717, 1.165) is 42.9 Å². The van der Waals surface area contributed by atoms with E-state index in [0.29, 0.717) is 38.6 Å². The maximum Gasteiger partial charge on any atom is 0.335 e. The lowest BCUT2D eigenvalue weighted by molar-refractivity contribution is -0.131. The van der Waals surface area contributed by atoms with Crippen LogP contribution in [0, 0.1) is 5.92 Å². The lowest BCUT2D eigenvalue weighted by atomic mass is 9.73. The molecule has 2 aliphatic heterocycles. The van der Waals surface area contributed by atoms with E-state index in [2.05, 4.69) is 5.32 Å². The number of carboxylic acids is 1. The Balaban J connectivity index is 1.49. The summed E-state index contributed by atoms with van der Waals surface area (Å²) in [6.07, 6.45) is 3.20. The van der Waals surface area contributed by atoms with Crippen LogP contribution in [0.3, 0.4) is 0 Å². The van der Waals surface area contributed by atoms with Crippen LogP contribution < -0.4 is 10.1 Å². The van der Waals surface area contributed by atoms with Crippen molar-refractivity contribution in [3.8, 4) is 5.75 Å². The highest BCUT2D eigenvalue weighted by atomic mass is 16.5. The number of hydrogen-bond acceptors (Lipinski definition) is 5. The third-order valence-corrected chi connectivity index (χ3v) is 7.00. The highest BCUT2D eigenvalue weighted by molar-refractivity contribution is 5.89. The molecule has 2 fully saturated rings. The molecule has 0 bridgehead atoms. The smallest absolute Gasteiger partial charge is 0.335 e. The number of benzene rings is 2. The molecule has 2 aliphatic rings. The number of carbonyl (C=O) groups excluding carboxylic acids is 1. The van der Waals surface area contributed by atoms with Crippen LogP contribution >= 0.6 is 0 Å². The summed E-state index contributed by atoms with van der Waals surface area (Å²) in [5.74, 6) is 0.251. The molecule has 0 saturated carbocycles. The van der Waals surface area contributed by atoms with Crippen molar-refractivity contribution in [3.63, 3.8) is 0 Å². The molecule has 2 saturated heterocycles. The van der Waals surface area contributed by atoms with Gasteiger partial charge in [0.15, 0.2) is 0 Å². The Labute approximate surface area is 200 Å². The van der Waals surface area contributed by atoms with Crippen molar-refractivity contribution in [1.29, 1.82) is 0 Å². The normalized spacial score (nSPS) is 19.2. The molecule has 2 N–H and O–H groups in total. The van der Waals surface area contributed by atoms with Crippen molar-refractivity contribution in [2.45, 2.75) is 44.1 Å².